The van der Waals surface area contributed by atoms with Crippen molar-refractivity contribution in [1.29, 1.82) is 0 Å². The van der Waals surface area contributed by atoms with Crippen LogP contribution in [0.3, 0.4) is 0 Å². The second-order valence-electron chi connectivity index (χ2n) is 5.76. The first-order valence-electron chi connectivity index (χ1n) is 6.87. The Morgan fingerprint density at radius 1 is 1.28 bits per heavy atom. The van der Waals surface area contributed by atoms with Gasteiger partial charge in [0, 0.05) is 25.4 Å². The lowest BCUT2D eigenvalue weighted by atomic mass is 9.84. The van der Waals surface area contributed by atoms with Gasteiger partial charge in [0.05, 0.1) is 6.54 Å². The average Bonchev–Trinajstić information content (AvgIpc) is 2.31. The molecular formula is C13H22F2N2O. The molecular weight excluding hydrogens is 238 g/mol. The summed E-state index contributed by atoms with van der Waals surface area (Å²) in [6.45, 7) is 0.0960. The van der Waals surface area contributed by atoms with Gasteiger partial charge in [-0.1, -0.05) is 0 Å². The molecule has 0 aromatic carbocycles. The molecule has 0 atom stereocenters. The molecule has 1 heterocycles. The zero-order chi connectivity index (χ0) is 13.2. The van der Waals surface area contributed by atoms with Crippen molar-refractivity contribution in [2.45, 2.75) is 56.9 Å². The van der Waals surface area contributed by atoms with Crippen molar-refractivity contribution in [3.63, 3.8) is 0 Å². The molecule has 18 heavy (non-hydrogen) atoms. The summed E-state index contributed by atoms with van der Waals surface area (Å²) in [5, 5.41) is 0. The van der Waals surface area contributed by atoms with Gasteiger partial charge in [0.1, 0.15) is 0 Å². The number of halogens is 2. The van der Waals surface area contributed by atoms with E-state index in [1.807, 2.05) is 0 Å². The highest BCUT2D eigenvalue weighted by atomic mass is 19.3. The Labute approximate surface area is 107 Å². The Hall–Kier alpha value is -0.710. The molecule has 2 N–H and O–H groups in total. The third kappa shape index (κ3) is 3.64. The highest BCUT2D eigenvalue weighted by Crippen LogP contribution is 2.30. The van der Waals surface area contributed by atoms with E-state index < -0.39 is 12.5 Å². The Morgan fingerprint density at radius 2 is 1.94 bits per heavy atom. The van der Waals surface area contributed by atoms with Gasteiger partial charge in [-0.25, -0.2) is 8.78 Å². The number of nitrogens with zero attached hydrogens (tertiary/aromatic N) is 1. The predicted molar refractivity (Wildman–Crippen MR) is 65.3 cm³/mol. The van der Waals surface area contributed by atoms with Gasteiger partial charge in [-0.05, 0) is 38.0 Å². The summed E-state index contributed by atoms with van der Waals surface area (Å²) in [5.74, 6) is -2.45. The van der Waals surface area contributed by atoms with Crippen molar-refractivity contribution in [1.82, 2.24) is 4.90 Å². The maximum absolute atomic E-state index is 13.2. The van der Waals surface area contributed by atoms with Gasteiger partial charge < -0.3 is 10.6 Å². The summed E-state index contributed by atoms with van der Waals surface area (Å²) in [5.41, 5.74) is 5.81. The molecule has 0 radical (unpaired) electrons. The van der Waals surface area contributed by atoms with Crippen LogP contribution in [0, 0.1) is 5.92 Å². The van der Waals surface area contributed by atoms with Crippen LogP contribution in [0.5, 0.6) is 0 Å². The third-order valence-electron chi connectivity index (χ3n) is 4.10. The lowest BCUT2D eigenvalue weighted by molar-refractivity contribution is -0.142. The summed E-state index contributed by atoms with van der Waals surface area (Å²) in [6.07, 6.45) is 4.56. The topological polar surface area (TPSA) is 46.3 Å². The lowest BCUT2D eigenvalue weighted by Crippen LogP contribution is -2.46. The van der Waals surface area contributed by atoms with Crippen LogP contribution in [0.1, 0.15) is 44.9 Å². The zero-order valence-electron chi connectivity index (χ0n) is 10.7. The van der Waals surface area contributed by atoms with Crippen LogP contribution in [0.25, 0.3) is 0 Å². The number of nitrogens with two attached hydrogens (primary N) is 1. The largest absolute Gasteiger partial charge is 0.337 e. The first kappa shape index (κ1) is 13.7. The van der Waals surface area contributed by atoms with Crippen molar-refractivity contribution in [2.24, 2.45) is 11.7 Å². The number of amides is 1. The molecule has 2 aliphatic rings. The number of piperidine rings is 1. The molecule has 1 amide bonds. The molecule has 0 aromatic heterocycles. The maximum atomic E-state index is 13.2. The van der Waals surface area contributed by atoms with Crippen molar-refractivity contribution in [3.05, 3.63) is 0 Å². The Bertz CT molecular complexity index is 301. The molecule has 0 bridgehead atoms. The SMILES string of the molecule is NC1CCC(CC(=O)N2CCCC(F)(F)C2)CC1. The maximum Gasteiger partial charge on any atom is 0.265 e. The first-order valence-corrected chi connectivity index (χ1v) is 6.87. The number of hydrogen-bond acceptors (Lipinski definition) is 2. The Balaban J connectivity index is 1.80. The van der Waals surface area contributed by atoms with Gasteiger partial charge in [0.25, 0.3) is 5.92 Å². The quantitative estimate of drug-likeness (QED) is 0.827. The highest BCUT2D eigenvalue weighted by Gasteiger charge is 2.37. The van der Waals surface area contributed by atoms with Crippen LogP contribution in [-0.4, -0.2) is 35.9 Å². The fourth-order valence-corrected chi connectivity index (χ4v) is 2.95. The summed E-state index contributed by atoms with van der Waals surface area (Å²) in [7, 11) is 0. The minimum atomic E-state index is -2.69. The van der Waals surface area contributed by atoms with Crippen molar-refractivity contribution >= 4 is 5.91 Å². The van der Waals surface area contributed by atoms with E-state index in [1.165, 1.54) is 4.90 Å². The second-order valence-corrected chi connectivity index (χ2v) is 5.76. The van der Waals surface area contributed by atoms with E-state index in [0.29, 0.717) is 25.3 Å². The molecule has 104 valence electrons. The van der Waals surface area contributed by atoms with Gasteiger partial charge in [-0.3, -0.25) is 4.79 Å². The van der Waals surface area contributed by atoms with E-state index in [0.717, 1.165) is 25.7 Å². The first-order chi connectivity index (χ1) is 8.46. The predicted octanol–water partition coefficient (Wildman–Crippen LogP) is 2.15. The number of carbonyl (C=O) groups excluding carboxylic acids is 1. The summed E-state index contributed by atoms with van der Waals surface area (Å²) >= 11 is 0. The van der Waals surface area contributed by atoms with E-state index >= 15 is 0 Å². The standard InChI is InChI=1S/C13H22F2N2O/c14-13(15)6-1-7-17(9-13)12(18)8-10-2-4-11(16)5-3-10/h10-11H,1-9,16H2. The molecule has 1 saturated heterocycles. The number of likely N-dealkylation sites (tertiary alicyclic amines) is 1. The minimum Gasteiger partial charge on any atom is -0.337 e. The smallest absolute Gasteiger partial charge is 0.265 e. The zero-order valence-corrected chi connectivity index (χ0v) is 10.7. The monoisotopic (exact) mass is 260 g/mol. The average molecular weight is 260 g/mol. The number of rotatable bonds is 2. The van der Waals surface area contributed by atoms with Crippen LogP contribution < -0.4 is 5.73 Å². The van der Waals surface area contributed by atoms with Crippen molar-refractivity contribution in [2.75, 3.05) is 13.1 Å². The number of alkyl halides is 2. The van der Waals surface area contributed by atoms with E-state index in [4.69, 9.17) is 5.73 Å². The summed E-state index contributed by atoms with van der Waals surface area (Å²) in [4.78, 5) is 13.3. The van der Waals surface area contributed by atoms with Gasteiger partial charge in [0.15, 0.2) is 0 Å². The molecule has 0 aromatic rings. The number of carbonyl (C=O) groups is 1. The highest BCUT2D eigenvalue weighted by molar-refractivity contribution is 5.76. The van der Waals surface area contributed by atoms with Crippen LogP contribution in [0.4, 0.5) is 8.78 Å². The fraction of sp³-hybridized carbons (Fsp3) is 0.923. The molecule has 3 nitrogen and oxygen atoms in total. The molecule has 0 unspecified atom stereocenters. The summed E-state index contributed by atoms with van der Waals surface area (Å²) < 4.78 is 26.5. The Kier molecular flexibility index (Phi) is 4.20. The molecule has 1 saturated carbocycles. The van der Waals surface area contributed by atoms with Gasteiger partial charge in [0.2, 0.25) is 5.91 Å². The van der Waals surface area contributed by atoms with Crippen molar-refractivity contribution in [3.8, 4) is 0 Å². The van der Waals surface area contributed by atoms with E-state index in [1.54, 1.807) is 0 Å². The molecule has 0 spiro atoms. The van der Waals surface area contributed by atoms with Gasteiger partial charge in [-0.15, -0.1) is 0 Å². The van der Waals surface area contributed by atoms with Crippen LogP contribution in [0.15, 0.2) is 0 Å². The fourth-order valence-electron chi connectivity index (χ4n) is 2.95. The van der Waals surface area contributed by atoms with Crippen LogP contribution in [-0.2, 0) is 4.79 Å². The molecule has 1 aliphatic carbocycles. The van der Waals surface area contributed by atoms with Crippen molar-refractivity contribution < 1.29 is 13.6 Å². The molecule has 1 aliphatic heterocycles. The van der Waals surface area contributed by atoms with E-state index in [9.17, 15) is 13.6 Å². The second kappa shape index (κ2) is 5.51. The Morgan fingerprint density at radius 3 is 2.56 bits per heavy atom. The van der Waals surface area contributed by atoms with Crippen LogP contribution >= 0.6 is 0 Å². The minimum absolute atomic E-state index is 0.0882. The normalized spacial score (nSPS) is 32.3. The van der Waals surface area contributed by atoms with E-state index in [2.05, 4.69) is 0 Å². The molecule has 2 rings (SSSR count). The summed E-state index contributed by atoms with van der Waals surface area (Å²) in [6, 6.07) is 0.260. The van der Waals surface area contributed by atoms with Crippen LogP contribution in [0.2, 0.25) is 0 Å². The molecule has 5 heteroatoms. The van der Waals surface area contributed by atoms with Gasteiger partial charge in [-0.2, -0.15) is 0 Å². The third-order valence-corrected chi connectivity index (χ3v) is 4.10. The molecule has 2 fully saturated rings. The van der Waals surface area contributed by atoms with E-state index in [-0.39, 0.29) is 18.4 Å². The number of hydrogen-bond donors (Lipinski definition) is 1. The van der Waals surface area contributed by atoms with Gasteiger partial charge >= 0.3 is 0 Å². The lowest BCUT2D eigenvalue weighted by Gasteiger charge is -2.34.